The molecule has 1 saturated heterocycles. The van der Waals surface area contributed by atoms with Gasteiger partial charge in [-0.2, -0.15) is 17.0 Å². The van der Waals surface area contributed by atoms with E-state index in [0.29, 0.717) is 31.6 Å². The molecule has 0 radical (unpaired) electrons. The van der Waals surface area contributed by atoms with Gasteiger partial charge in [0.05, 0.1) is 0 Å². The van der Waals surface area contributed by atoms with E-state index < -0.39 is 10.2 Å². The highest BCUT2D eigenvalue weighted by molar-refractivity contribution is 7.87. The second-order valence-electron chi connectivity index (χ2n) is 4.60. The van der Waals surface area contributed by atoms with Crippen molar-refractivity contribution in [2.75, 3.05) is 19.6 Å². The Labute approximate surface area is 86.1 Å². The predicted octanol–water partition coefficient (Wildman–Crippen LogP) is 0.667. The normalized spacial score (nSPS) is 28.8. The van der Waals surface area contributed by atoms with Crippen LogP contribution in [0.15, 0.2) is 0 Å². The molecule has 0 aromatic rings. The Balaban J connectivity index is 2.08. The Morgan fingerprint density at radius 3 is 2.43 bits per heavy atom. The summed E-state index contributed by atoms with van der Waals surface area (Å²) in [5.41, 5.74) is 0. The maximum Gasteiger partial charge on any atom is 0.282 e. The zero-order chi connectivity index (χ0) is 10.3. The zero-order valence-corrected chi connectivity index (χ0v) is 9.63. The van der Waals surface area contributed by atoms with Gasteiger partial charge in [0, 0.05) is 25.7 Å². The minimum Gasteiger partial charge on any atom is -0.195 e. The summed E-state index contributed by atoms with van der Waals surface area (Å²) in [6.45, 7) is 6.13. The van der Waals surface area contributed by atoms with Crippen molar-refractivity contribution >= 4 is 10.2 Å². The first-order valence-electron chi connectivity index (χ1n) is 5.28. The molecule has 0 N–H and O–H groups in total. The first kappa shape index (κ1) is 10.4. The smallest absolute Gasteiger partial charge is 0.195 e. The lowest BCUT2D eigenvalue weighted by atomic mass is 10.2. The van der Waals surface area contributed by atoms with E-state index in [-0.39, 0.29) is 0 Å². The third-order valence-corrected chi connectivity index (χ3v) is 4.77. The van der Waals surface area contributed by atoms with Crippen molar-refractivity contribution in [1.29, 1.82) is 0 Å². The Kier molecular flexibility index (Phi) is 2.57. The van der Waals surface area contributed by atoms with Crippen LogP contribution in [0.4, 0.5) is 0 Å². The molecule has 2 aliphatic rings. The molecule has 0 aromatic carbocycles. The van der Waals surface area contributed by atoms with Crippen molar-refractivity contribution < 1.29 is 8.42 Å². The molecular weight excluding hydrogens is 200 g/mol. The van der Waals surface area contributed by atoms with Crippen LogP contribution in [-0.2, 0) is 10.2 Å². The topological polar surface area (TPSA) is 40.6 Å². The fourth-order valence-corrected chi connectivity index (χ4v) is 3.91. The monoisotopic (exact) mass is 218 g/mol. The van der Waals surface area contributed by atoms with Crippen LogP contribution in [0.5, 0.6) is 0 Å². The molecule has 0 aromatic heterocycles. The highest BCUT2D eigenvalue weighted by Crippen LogP contribution is 2.33. The van der Waals surface area contributed by atoms with Gasteiger partial charge in [0.1, 0.15) is 0 Å². The molecule has 1 heterocycles. The van der Waals surface area contributed by atoms with Crippen LogP contribution < -0.4 is 0 Å². The Morgan fingerprint density at radius 1 is 1.29 bits per heavy atom. The number of hydrogen-bond donors (Lipinski definition) is 0. The lowest BCUT2D eigenvalue weighted by Gasteiger charge is -2.19. The maximum absolute atomic E-state index is 12.0. The second kappa shape index (κ2) is 3.47. The van der Waals surface area contributed by atoms with E-state index in [9.17, 15) is 8.42 Å². The predicted molar refractivity (Wildman–Crippen MR) is 55.1 cm³/mol. The SMILES string of the molecule is CC(C)CN1CCN(C2CC2)S1(=O)=O. The van der Waals surface area contributed by atoms with Crippen LogP contribution in [0.3, 0.4) is 0 Å². The maximum atomic E-state index is 12.0. The quantitative estimate of drug-likeness (QED) is 0.698. The summed E-state index contributed by atoms with van der Waals surface area (Å²) < 4.78 is 27.2. The van der Waals surface area contributed by atoms with Gasteiger partial charge in [0.2, 0.25) is 0 Å². The Hall–Kier alpha value is -0.130. The lowest BCUT2D eigenvalue weighted by molar-refractivity contribution is 0.397. The van der Waals surface area contributed by atoms with Gasteiger partial charge in [-0.3, -0.25) is 0 Å². The molecular formula is C9H18N2O2S. The van der Waals surface area contributed by atoms with Crippen molar-refractivity contribution in [2.45, 2.75) is 32.7 Å². The van der Waals surface area contributed by atoms with E-state index in [1.54, 1.807) is 8.61 Å². The van der Waals surface area contributed by atoms with Crippen LogP contribution in [0.2, 0.25) is 0 Å². The molecule has 2 fully saturated rings. The van der Waals surface area contributed by atoms with E-state index in [1.165, 1.54) is 0 Å². The van der Waals surface area contributed by atoms with Gasteiger partial charge in [-0.05, 0) is 18.8 Å². The van der Waals surface area contributed by atoms with Crippen LogP contribution in [0.25, 0.3) is 0 Å². The summed E-state index contributed by atoms with van der Waals surface area (Å²) >= 11 is 0. The van der Waals surface area contributed by atoms with E-state index in [4.69, 9.17) is 0 Å². The summed E-state index contributed by atoms with van der Waals surface area (Å²) in [6.07, 6.45) is 2.10. The number of hydrogen-bond acceptors (Lipinski definition) is 2. The molecule has 82 valence electrons. The standard InChI is InChI=1S/C9H18N2O2S/c1-8(2)7-10-5-6-11(9-3-4-9)14(10,12)13/h8-9H,3-7H2,1-2H3. The average molecular weight is 218 g/mol. The average Bonchev–Trinajstić information content (AvgIpc) is 2.81. The fourth-order valence-electron chi connectivity index (χ4n) is 1.92. The van der Waals surface area contributed by atoms with Gasteiger partial charge < -0.3 is 0 Å². The van der Waals surface area contributed by atoms with Crippen molar-refractivity contribution in [3.05, 3.63) is 0 Å². The summed E-state index contributed by atoms with van der Waals surface area (Å²) in [4.78, 5) is 0. The van der Waals surface area contributed by atoms with Crippen molar-refractivity contribution in [3.8, 4) is 0 Å². The van der Waals surface area contributed by atoms with Gasteiger partial charge >= 0.3 is 0 Å². The number of rotatable bonds is 3. The third kappa shape index (κ3) is 1.81. The highest BCUT2D eigenvalue weighted by Gasteiger charge is 2.44. The molecule has 1 saturated carbocycles. The van der Waals surface area contributed by atoms with Gasteiger partial charge in [0.15, 0.2) is 0 Å². The van der Waals surface area contributed by atoms with Crippen LogP contribution in [-0.4, -0.2) is 42.7 Å². The summed E-state index contributed by atoms with van der Waals surface area (Å²) in [5.74, 6) is 0.406. The summed E-state index contributed by atoms with van der Waals surface area (Å²) in [7, 11) is -3.09. The minimum atomic E-state index is -3.09. The fraction of sp³-hybridized carbons (Fsp3) is 1.00. The van der Waals surface area contributed by atoms with Crippen molar-refractivity contribution in [1.82, 2.24) is 8.61 Å². The van der Waals surface area contributed by atoms with E-state index in [2.05, 4.69) is 13.8 Å². The van der Waals surface area contributed by atoms with Crippen molar-refractivity contribution in [2.24, 2.45) is 5.92 Å². The lowest BCUT2D eigenvalue weighted by Crippen LogP contribution is -2.36. The summed E-state index contributed by atoms with van der Waals surface area (Å²) in [5, 5.41) is 0. The van der Waals surface area contributed by atoms with E-state index in [0.717, 1.165) is 12.8 Å². The van der Waals surface area contributed by atoms with Crippen LogP contribution >= 0.6 is 0 Å². The first-order chi connectivity index (χ1) is 6.51. The highest BCUT2D eigenvalue weighted by atomic mass is 32.2. The molecule has 0 atom stereocenters. The Morgan fingerprint density at radius 2 is 1.93 bits per heavy atom. The van der Waals surface area contributed by atoms with Crippen LogP contribution in [0, 0.1) is 5.92 Å². The van der Waals surface area contributed by atoms with Gasteiger partial charge in [-0.1, -0.05) is 13.8 Å². The second-order valence-corrected chi connectivity index (χ2v) is 6.48. The molecule has 0 amide bonds. The minimum absolute atomic E-state index is 0.317. The van der Waals surface area contributed by atoms with Crippen molar-refractivity contribution in [3.63, 3.8) is 0 Å². The first-order valence-corrected chi connectivity index (χ1v) is 6.68. The van der Waals surface area contributed by atoms with Crippen LogP contribution in [0.1, 0.15) is 26.7 Å². The largest absolute Gasteiger partial charge is 0.282 e. The molecule has 2 rings (SSSR count). The van der Waals surface area contributed by atoms with E-state index in [1.807, 2.05) is 0 Å². The molecule has 5 heteroatoms. The van der Waals surface area contributed by atoms with Gasteiger partial charge in [-0.15, -0.1) is 0 Å². The zero-order valence-electron chi connectivity index (χ0n) is 8.81. The molecule has 4 nitrogen and oxygen atoms in total. The molecule has 0 spiro atoms. The summed E-state index contributed by atoms with van der Waals surface area (Å²) in [6, 6.07) is 0.317. The van der Waals surface area contributed by atoms with E-state index >= 15 is 0 Å². The number of nitrogens with zero attached hydrogens (tertiary/aromatic N) is 2. The Bertz CT molecular complexity index is 309. The molecule has 0 bridgehead atoms. The molecule has 14 heavy (non-hydrogen) atoms. The molecule has 1 aliphatic carbocycles. The third-order valence-electron chi connectivity index (χ3n) is 2.72. The van der Waals surface area contributed by atoms with Gasteiger partial charge in [0.25, 0.3) is 10.2 Å². The molecule has 0 unspecified atom stereocenters. The molecule has 1 aliphatic heterocycles. The van der Waals surface area contributed by atoms with Gasteiger partial charge in [-0.25, -0.2) is 0 Å².